The Kier molecular flexibility index (Phi) is 4.27. The number of nitrogens with zero attached hydrogens (tertiary/aromatic N) is 1. The van der Waals surface area contributed by atoms with E-state index in [0.717, 1.165) is 41.6 Å². The lowest BCUT2D eigenvalue weighted by Crippen LogP contribution is -2.20. The van der Waals surface area contributed by atoms with Gasteiger partial charge in [-0.25, -0.2) is 0 Å². The van der Waals surface area contributed by atoms with Crippen LogP contribution < -0.4 is 4.74 Å². The van der Waals surface area contributed by atoms with Gasteiger partial charge in [-0.1, -0.05) is 25.8 Å². The number of H-pyrrole nitrogens is 1. The Morgan fingerprint density at radius 2 is 2.27 bits per heavy atom. The molecule has 22 heavy (non-hydrogen) atoms. The maximum Gasteiger partial charge on any atom is 0.158 e. The third-order valence-corrected chi connectivity index (χ3v) is 4.54. The van der Waals surface area contributed by atoms with Crippen LogP contribution in [0, 0.1) is 11.8 Å². The lowest BCUT2D eigenvalue weighted by Gasteiger charge is -2.24. The molecule has 1 aromatic heterocycles. The van der Waals surface area contributed by atoms with E-state index in [1.807, 2.05) is 24.3 Å². The van der Waals surface area contributed by atoms with Crippen LogP contribution in [0.15, 0.2) is 24.3 Å². The van der Waals surface area contributed by atoms with Gasteiger partial charge in [0.15, 0.2) is 5.78 Å². The summed E-state index contributed by atoms with van der Waals surface area (Å²) < 4.78 is 5.38. The summed E-state index contributed by atoms with van der Waals surface area (Å²) in [4.78, 5) is 12.4. The number of methoxy groups -OCH3 is 1. The number of carbonyl (C=O) groups is 1. The number of rotatable bonds is 4. The molecule has 1 aromatic carbocycles. The molecule has 2 atom stereocenters. The third kappa shape index (κ3) is 2.91. The van der Waals surface area contributed by atoms with Crippen LogP contribution in [0.5, 0.6) is 5.75 Å². The van der Waals surface area contributed by atoms with Crippen LogP contribution in [0.2, 0.25) is 0 Å². The van der Waals surface area contributed by atoms with Crippen LogP contribution in [-0.4, -0.2) is 23.1 Å². The fourth-order valence-electron chi connectivity index (χ4n) is 3.35. The van der Waals surface area contributed by atoms with Gasteiger partial charge in [-0.15, -0.1) is 0 Å². The number of benzene rings is 1. The second-order valence-corrected chi connectivity index (χ2v) is 6.20. The Morgan fingerprint density at radius 3 is 3.05 bits per heavy atom. The standard InChI is InChI=1S/C18H22N2O2/c1-12-5-3-6-13(11-12)16(21)10-9-15-18-14(19-20-15)7-4-8-17(18)22-2/h4,7-10,12-13H,3,5-6,11H2,1-2H3,(H,19,20)/b10-9+. The summed E-state index contributed by atoms with van der Waals surface area (Å²) in [6.07, 6.45) is 7.92. The second kappa shape index (κ2) is 6.34. The first-order valence-corrected chi connectivity index (χ1v) is 7.92. The van der Waals surface area contributed by atoms with E-state index in [4.69, 9.17) is 4.74 Å². The molecule has 4 heteroatoms. The smallest absolute Gasteiger partial charge is 0.158 e. The lowest BCUT2D eigenvalue weighted by atomic mass is 9.80. The van der Waals surface area contributed by atoms with Gasteiger partial charge in [0, 0.05) is 5.92 Å². The molecule has 0 radical (unpaired) electrons. The van der Waals surface area contributed by atoms with E-state index in [2.05, 4.69) is 17.1 Å². The van der Waals surface area contributed by atoms with Crippen molar-refractivity contribution in [2.75, 3.05) is 7.11 Å². The summed E-state index contributed by atoms with van der Waals surface area (Å²) >= 11 is 0. The van der Waals surface area contributed by atoms with E-state index < -0.39 is 0 Å². The first kappa shape index (κ1) is 14.8. The molecule has 1 saturated carbocycles. The average molecular weight is 298 g/mol. The predicted octanol–water partition coefficient (Wildman–Crippen LogP) is 3.98. The van der Waals surface area contributed by atoms with E-state index in [1.165, 1.54) is 6.42 Å². The largest absolute Gasteiger partial charge is 0.496 e. The van der Waals surface area contributed by atoms with Gasteiger partial charge in [0.05, 0.1) is 23.7 Å². The lowest BCUT2D eigenvalue weighted by molar-refractivity contribution is -0.119. The van der Waals surface area contributed by atoms with E-state index in [9.17, 15) is 4.79 Å². The second-order valence-electron chi connectivity index (χ2n) is 6.20. The van der Waals surface area contributed by atoms with Crippen molar-refractivity contribution < 1.29 is 9.53 Å². The van der Waals surface area contributed by atoms with Gasteiger partial charge < -0.3 is 4.74 Å². The van der Waals surface area contributed by atoms with Crippen molar-refractivity contribution in [3.63, 3.8) is 0 Å². The molecule has 1 aliphatic rings. The van der Waals surface area contributed by atoms with E-state index >= 15 is 0 Å². The molecule has 3 rings (SSSR count). The highest BCUT2D eigenvalue weighted by atomic mass is 16.5. The van der Waals surface area contributed by atoms with Gasteiger partial charge >= 0.3 is 0 Å². The summed E-state index contributed by atoms with van der Waals surface area (Å²) in [6.45, 7) is 2.23. The van der Waals surface area contributed by atoms with Crippen LogP contribution in [0.1, 0.15) is 38.3 Å². The SMILES string of the molecule is COc1cccc2[nH]nc(/C=C/C(=O)C3CCCC(C)C3)c12. The zero-order chi connectivity index (χ0) is 15.5. The number of hydrogen-bond donors (Lipinski definition) is 1. The molecule has 4 nitrogen and oxygen atoms in total. The average Bonchev–Trinajstić information content (AvgIpc) is 2.96. The number of nitrogens with one attached hydrogen (secondary N) is 1. The van der Waals surface area contributed by atoms with Crippen molar-refractivity contribution in [2.24, 2.45) is 11.8 Å². The highest BCUT2D eigenvalue weighted by molar-refractivity contribution is 5.99. The highest BCUT2D eigenvalue weighted by Crippen LogP contribution is 2.30. The van der Waals surface area contributed by atoms with Crippen LogP contribution >= 0.6 is 0 Å². The molecule has 1 N–H and O–H groups in total. The number of ketones is 1. The van der Waals surface area contributed by atoms with Crippen molar-refractivity contribution in [3.05, 3.63) is 30.0 Å². The number of aromatic amines is 1. The topological polar surface area (TPSA) is 55.0 Å². The molecule has 0 saturated heterocycles. The minimum Gasteiger partial charge on any atom is -0.496 e. The Balaban J connectivity index is 1.82. The molecule has 1 heterocycles. The van der Waals surface area contributed by atoms with Crippen molar-refractivity contribution in [1.29, 1.82) is 0 Å². The molecule has 1 aliphatic carbocycles. The fraction of sp³-hybridized carbons (Fsp3) is 0.444. The molecule has 116 valence electrons. The molecule has 0 aliphatic heterocycles. The Hall–Kier alpha value is -2.10. The summed E-state index contributed by atoms with van der Waals surface area (Å²) in [7, 11) is 1.64. The van der Waals surface area contributed by atoms with Crippen LogP contribution in [-0.2, 0) is 4.79 Å². The molecule has 0 bridgehead atoms. The number of fused-ring (bicyclic) bond motifs is 1. The molecular weight excluding hydrogens is 276 g/mol. The maximum absolute atomic E-state index is 12.4. The first-order chi connectivity index (χ1) is 10.7. The molecular formula is C18H22N2O2. The highest BCUT2D eigenvalue weighted by Gasteiger charge is 2.23. The third-order valence-electron chi connectivity index (χ3n) is 4.54. The Labute approximate surface area is 130 Å². The molecule has 1 fully saturated rings. The Bertz CT molecular complexity index is 702. The van der Waals surface area contributed by atoms with Gasteiger partial charge in [-0.3, -0.25) is 9.89 Å². The number of carbonyl (C=O) groups excluding carboxylic acids is 1. The van der Waals surface area contributed by atoms with Crippen LogP contribution in [0.4, 0.5) is 0 Å². The number of aromatic nitrogens is 2. The van der Waals surface area contributed by atoms with E-state index in [1.54, 1.807) is 13.2 Å². The van der Waals surface area contributed by atoms with Gasteiger partial charge in [0.2, 0.25) is 0 Å². The number of hydrogen-bond acceptors (Lipinski definition) is 3. The maximum atomic E-state index is 12.4. The quantitative estimate of drug-likeness (QED) is 0.869. The summed E-state index contributed by atoms with van der Waals surface area (Å²) in [5.74, 6) is 1.82. The molecule has 2 unspecified atom stereocenters. The van der Waals surface area contributed by atoms with Crippen molar-refractivity contribution in [3.8, 4) is 5.75 Å². The van der Waals surface area contributed by atoms with E-state index in [0.29, 0.717) is 5.92 Å². The Morgan fingerprint density at radius 1 is 1.41 bits per heavy atom. The van der Waals surface area contributed by atoms with Crippen molar-refractivity contribution in [1.82, 2.24) is 10.2 Å². The summed E-state index contributed by atoms with van der Waals surface area (Å²) in [5, 5.41) is 8.19. The molecule has 2 aromatic rings. The van der Waals surface area contributed by atoms with Crippen molar-refractivity contribution in [2.45, 2.75) is 32.6 Å². The monoisotopic (exact) mass is 298 g/mol. The van der Waals surface area contributed by atoms with E-state index in [-0.39, 0.29) is 11.7 Å². The van der Waals surface area contributed by atoms with Crippen LogP contribution in [0.25, 0.3) is 17.0 Å². The van der Waals surface area contributed by atoms with Gasteiger partial charge in [0.1, 0.15) is 5.75 Å². The fourth-order valence-corrected chi connectivity index (χ4v) is 3.35. The summed E-state index contributed by atoms with van der Waals surface area (Å²) in [5.41, 5.74) is 1.67. The van der Waals surface area contributed by atoms with Gasteiger partial charge in [0.25, 0.3) is 0 Å². The van der Waals surface area contributed by atoms with Crippen LogP contribution in [0.3, 0.4) is 0 Å². The number of allylic oxidation sites excluding steroid dienone is 1. The normalized spacial score (nSPS) is 22.3. The van der Waals surface area contributed by atoms with Crippen molar-refractivity contribution >= 4 is 22.8 Å². The van der Waals surface area contributed by atoms with Gasteiger partial charge in [-0.05, 0) is 43.0 Å². The summed E-state index contributed by atoms with van der Waals surface area (Å²) in [6, 6.07) is 5.77. The molecule has 0 spiro atoms. The molecule has 0 amide bonds. The zero-order valence-electron chi connectivity index (χ0n) is 13.1. The number of ether oxygens (including phenoxy) is 1. The minimum atomic E-state index is 0.173. The predicted molar refractivity (Wildman–Crippen MR) is 87.8 cm³/mol. The first-order valence-electron chi connectivity index (χ1n) is 7.92. The minimum absolute atomic E-state index is 0.173. The van der Waals surface area contributed by atoms with Gasteiger partial charge in [-0.2, -0.15) is 5.10 Å². The zero-order valence-corrected chi connectivity index (χ0v) is 13.1.